The SMILES string of the molecule is CCc1ccc(N[C@@H]2NC(=O)/C(=C/c3cc(I)c(OCc4ccc(Br)cc4)c(I)c3)S2)cc1. The third-order valence-electron chi connectivity index (χ3n) is 5.01. The molecule has 0 aromatic heterocycles. The fraction of sp³-hybridized carbons (Fsp3) is 0.160. The van der Waals surface area contributed by atoms with Crippen LogP contribution < -0.4 is 15.4 Å². The first-order chi connectivity index (χ1) is 15.9. The van der Waals surface area contributed by atoms with Crippen molar-refractivity contribution in [2.45, 2.75) is 25.4 Å². The molecule has 170 valence electrons. The van der Waals surface area contributed by atoms with Crippen LogP contribution >= 0.6 is 72.9 Å². The van der Waals surface area contributed by atoms with Crippen molar-refractivity contribution in [3.63, 3.8) is 0 Å². The lowest BCUT2D eigenvalue weighted by atomic mass is 10.1. The van der Waals surface area contributed by atoms with Gasteiger partial charge < -0.3 is 15.4 Å². The molecule has 0 saturated carbocycles. The second-order valence-electron chi connectivity index (χ2n) is 7.40. The molecular weight excluding hydrogens is 726 g/mol. The summed E-state index contributed by atoms with van der Waals surface area (Å²) in [6.07, 6.45) is 2.94. The molecule has 4 rings (SSSR count). The van der Waals surface area contributed by atoms with Gasteiger partial charge in [-0.25, -0.2) is 0 Å². The normalized spacial score (nSPS) is 16.7. The van der Waals surface area contributed by atoms with E-state index in [1.54, 1.807) is 0 Å². The Morgan fingerprint density at radius 2 is 1.70 bits per heavy atom. The zero-order valence-corrected chi connectivity index (χ0v) is 24.4. The molecule has 1 fully saturated rings. The molecule has 4 nitrogen and oxygen atoms in total. The first-order valence-corrected chi connectivity index (χ1v) is 14.2. The number of rotatable bonds is 7. The minimum atomic E-state index is -0.192. The summed E-state index contributed by atoms with van der Waals surface area (Å²) >= 11 is 9.53. The number of carbonyl (C=O) groups excluding carboxylic acids is 1. The first-order valence-electron chi connectivity index (χ1n) is 10.3. The van der Waals surface area contributed by atoms with E-state index in [9.17, 15) is 4.79 Å². The standard InChI is InChI=1S/C25H21BrI2N2O2S/c1-2-15-5-9-19(10-6-15)29-25-30-24(31)22(33-25)13-17-11-20(27)23(21(28)12-17)32-14-16-3-7-18(26)8-4-16/h3-13,25,29H,2,14H2,1H3,(H,30,31)/b22-13-/t25-/m1/s1. The number of anilines is 1. The van der Waals surface area contributed by atoms with E-state index in [2.05, 4.69) is 90.8 Å². The van der Waals surface area contributed by atoms with E-state index in [0.717, 1.165) is 40.6 Å². The molecule has 1 amide bonds. The topological polar surface area (TPSA) is 50.4 Å². The van der Waals surface area contributed by atoms with E-state index in [4.69, 9.17) is 4.74 Å². The number of halogens is 3. The fourth-order valence-electron chi connectivity index (χ4n) is 3.24. The van der Waals surface area contributed by atoms with Crippen LogP contribution in [-0.2, 0) is 17.8 Å². The molecule has 2 N–H and O–H groups in total. The Morgan fingerprint density at radius 3 is 2.33 bits per heavy atom. The van der Waals surface area contributed by atoms with Crippen molar-refractivity contribution in [1.82, 2.24) is 5.32 Å². The average molecular weight is 747 g/mol. The predicted octanol–water partition coefficient (Wildman–Crippen LogP) is 7.40. The van der Waals surface area contributed by atoms with Crippen LogP contribution in [0.3, 0.4) is 0 Å². The van der Waals surface area contributed by atoms with E-state index in [-0.39, 0.29) is 11.4 Å². The van der Waals surface area contributed by atoms with Crippen LogP contribution in [0.4, 0.5) is 5.69 Å². The Kier molecular flexibility index (Phi) is 8.64. The lowest BCUT2D eigenvalue weighted by Crippen LogP contribution is -2.30. The molecule has 1 aliphatic heterocycles. The molecule has 33 heavy (non-hydrogen) atoms. The van der Waals surface area contributed by atoms with Crippen LogP contribution in [0.2, 0.25) is 0 Å². The maximum absolute atomic E-state index is 12.5. The number of amides is 1. The highest BCUT2D eigenvalue weighted by molar-refractivity contribution is 14.1. The van der Waals surface area contributed by atoms with Crippen molar-refractivity contribution < 1.29 is 9.53 Å². The molecule has 1 atom stereocenters. The highest BCUT2D eigenvalue weighted by Crippen LogP contribution is 2.34. The molecule has 0 unspecified atom stereocenters. The summed E-state index contributed by atoms with van der Waals surface area (Å²) in [5.41, 5.74) is 4.17. The number of benzene rings is 3. The first kappa shape index (κ1) is 24.9. The Labute approximate surface area is 233 Å². The Bertz CT molecular complexity index is 1160. The van der Waals surface area contributed by atoms with Crippen molar-refractivity contribution in [3.05, 3.63) is 93.9 Å². The Balaban J connectivity index is 1.43. The predicted molar refractivity (Wildman–Crippen MR) is 157 cm³/mol. The Morgan fingerprint density at radius 1 is 1.06 bits per heavy atom. The van der Waals surface area contributed by atoms with Gasteiger partial charge in [-0.3, -0.25) is 4.79 Å². The van der Waals surface area contributed by atoms with E-state index in [1.165, 1.54) is 17.3 Å². The average Bonchev–Trinajstić information content (AvgIpc) is 3.13. The van der Waals surface area contributed by atoms with Crippen LogP contribution in [0.25, 0.3) is 6.08 Å². The Hall–Kier alpha value is -1.24. The highest BCUT2D eigenvalue weighted by atomic mass is 127. The molecule has 0 radical (unpaired) electrons. The van der Waals surface area contributed by atoms with Crippen LogP contribution in [0.1, 0.15) is 23.6 Å². The van der Waals surface area contributed by atoms with Gasteiger partial charge in [0.1, 0.15) is 12.4 Å². The van der Waals surface area contributed by atoms with Gasteiger partial charge in [-0.2, -0.15) is 0 Å². The summed E-state index contributed by atoms with van der Waals surface area (Å²) in [5, 5.41) is 6.37. The van der Waals surface area contributed by atoms with Gasteiger partial charge >= 0.3 is 0 Å². The van der Waals surface area contributed by atoms with Crippen LogP contribution in [0, 0.1) is 7.14 Å². The van der Waals surface area contributed by atoms with Crippen LogP contribution in [0.5, 0.6) is 5.75 Å². The molecule has 1 aliphatic rings. The van der Waals surface area contributed by atoms with Gasteiger partial charge in [0, 0.05) is 10.2 Å². The van der Waals surface area contributed by atoms with Gasteiger partial charge in [-0.15, -0.1) is 0 Å². The highest BCUT2D eigenvalue weighted by Gasteiger charge is 2.27. The van der Waals surface area contributed by atoms with Gasteiger partial charge in [0.25, 0.3) is 5.91 Å². The van der Waals surface area contributed by atoms with Crippen molar-refractivity contribution in [3.8, 4) is 5.75 Å². The molecule has 1 saturated heterocycles. The lowest BCUT2D eigenvalue weighted by Gasteiger charge is -2.13. The molecule has 0 aliphatic carbocycles. The maximum atomic E-state index is 12.5. The van der Waals surface area contributed by atoms with Crippen molar-refractivity contribution in [2.75, 3.05) is 5.32 Å². The van der Waals surface area contributed by atoms with Crippen molar-refractivity contribution in [1.29, 1.82) is 0 Å². The minimum absolute atomic E-state index is 0.0664. The summed E-state index contributed by atoms with van der Waals surface area (Å²) in [7, 11) is 0. The number of aryl methyl sites for hydroxylation is 1. The summed E-state index contributed by atoms with van der Waals surface area (Å²) < 4.78 is 9.17. The number of hydrogen-bond donors (Lipinski definition) is 2. The zero-order valence-electron chi connectivity index (χ0n) is 17.7. The summed E-state index contributed by atoms with van der Waals surface area (Å²) in [5.74, 6) is 0.795. The van der Waals surface area contributed by atoms with Crippen LogP contribution in [0.15, 0.2) is 70.0 Å². The molecule has 0 bridgehead atoms. The zero-order chi connectivity index (χ0) is 23.4. The summed E-state index contributed by atoms with van der Waals surface area (Å²) in [6.45, 7) is 2.64. The number of nitrogens with one attached hydrogen (secondary N) is 2. The third kappa shape index (κ3) is 6.67. The fourth-order valence-corrected chi connectivity index (χ4v) is 6.62. The summed E-state index contributed by atoms with van der Waals surface area (Å²) in [4.78, 5) is 13.2. The molecule has 0 spiro atoms. The maximum Gasteiger partial charge on any atom is 0.260 e. The largest absolute Gasteiger partial charge is 0.487 e. The number of hydrogen-bond acceptors (Lipinski definition) is 4. The second-order valence-corrected chi connectivity index (χ2v) is 11.8. The smallest absolute Gasteiger partial charge is 0.260 e. The summed E-state index contributed by atoms with van der Waals surface area (Å²) in [6, 6.07) is 20.5. The third-order valence-corrected chi connectivity index (χ3v) is 8.17. The van der Waals surface area contributed by atoms with Gasteiger partial charge in [0.2, 0.25) is 0 Å². The molecule has 8 heteroatoms. The van der Waals surface area contributed by atoms with Crippen molar-refractivity contribution >= 4 is 90.5 Å². The van der Waals surface area contributed by atoms with Gasteiger partial charge in [-0.1, -0.05) is 58.9 Å². The lowest BCUT2D eigenvalue weighted by molar-refractivity contribution is -0.116. The van der Waals surface area contributed by atoms with E-state index < -0.39 is 0 Å². The quantitative estimate of drug-likeness (QED) is 0.196. The molecule has 1 heterocycles. The van der Waals surface area contributed by atoms with Gasteiger partial charge in [0.15, 0.2) is 5.50 Å². The number of carbonyl (C=O) groups is 1. The monoisotopic (exact) mass is 746 g/mol. The molecule has 3 aromatic rings. The van der Waals surface area contributed by atoms with E-state index in [0.29, 0.717) is 11.5 Å². The molecular formula is C25H21BrI2N2O2S. The number of thioether (sulfide) groups is 1. The number of ether oxygens (including phenoxy) is 1. The van der Waals surface area contributed by atoms with Gasteiger partial charge in [0.05, 0.1) is 12.0 Å². The van der Waals surface area contributed by atoms with E-state index in [1.807, 2.05) is 54.6 Å². The van der Waals surface area contributed by atoms with Gasteiger partial charge in [-0.05, 0) is 111 Å². The second kappa shape index (κ2) is 11.5. The van der Waals surface area contributed by atoms with E-state index >= 15 is 0 Å². The molecule has 3 aromatic carbocycles. The van der Waals surface area contributed by atoms with Crippen LogP contribution in [-0.4, -0.2) is 11.4 Å². The van der Waals surface area contributed by atoms with Crippen molar-refractivity contribution in [2.24, 2.45) is 0 Å². The minimum Gasteiger partial charge on any atom is -0.487 e.